The highest BCUT2D eigenvalue weighted by molar-refractivity contribution is 5.61. The number of hydrogen-bond acceptors (Lipinski definition) is 4. The van der Waals surface area contributed by atoms with Crippen LogP contribution in [0.2, 0.25) is 0 Å². The summed E-state index contributed by atoms with van der Waals surface area (Å²) in [5, 5.41) is 3.20. The normalized spacial score (nSPS) is 10.2. The van der Waals surface area contributed by atoms with E-state index in [1.807, 2.05) is 38.2 Å². The highest BCUT2D eigenvalue weighted by Crippen LogP contribution is 2.16. The van der Waals surface area contributed by atoms with Gasteiger partial charge in [0.25, 0.3) is 0 Å². The van der Waals surface area contributed by atoms with E-state index in [-0.39, 0.29) is 0 Å². The van der Waals surface area contributed by atoms with Crippen molar-refractivity contribution in [1.82, 2.24) is 9.97 Å². The molecule has 0 radical (unpaired) electrons. The molecule has 0 fully saturated rings. The predicted molar refractivity (Wildman–Crippen MR) is 69.7 cm³/mol. The molecule has 0 aliphatic rings. The van der Waals surface area contributed by atoms with Crippen LogP contribution in [0.1, 0.15) is 16.8 Å². The molecule has 88 valence electrons. The minimum atomic E-state index is 0.671. The van der Waals surface area contributed by atoms with E-state index in [0.29, 0.717) is 12.2 Å². The predicted octanol–water partition coefficient (Wildman–Crippen LogP) is 2.29. The number of nitrogens with one attached hydrogen (secondary N) is 1. The summed E-state index contributed by atoms with van der Waals surface area (Å²) in [5.41, 5.74) is 9.72. The molecule has 2 heterocycles. The molecule has 2 rings (SSSR count). The summed E-state index contributed by atoms with van der Waals surface area (Å²) in [4.78, 5) is 8.49. The number of rotatable bonds is 3. The molecular weight excluding hydrogens is 212 g/mol. The Labute approximate surface area is 101 Å². The Hall–Kier alpha value is -2.10. The van der Waals surface area contributed by atoms with Crippen LogP contribution in [-0.2, 0) is 6.54 Å². The minimum Gasteiger partial charge on any atom is -0.396 e. The first-order valence-corrected chi connectivity index (χ1v) is 5.52. The number of pyridine rings is 2. The van der Waals surface area contributed by atoms with Crippen LogP contribution in [-0.4, -0.2) is 9.97 Å². The lowest BCUT2D eigenvalue weighted by Gasteiger charge is -2.08. The van der Waals surface area contributed by atoms with Gasteiger partial charge in [-0.1, -0.05) is 6.07 Å². The first kappa shape index (κ1) is 11.4. The molecule has 0 saturated carbocycles. The van der Waals surface area contributed by atoms with Crippen molar-refractivity contribution in [2.45, 2.75) is 20.4 Å². The van der Waals surface area contributed by atoms with E-state index >= 15 is 0 Å². The van der Waals surface area contributed by atoms with Crippen molar-refractivity contribution in [3.05, 3.63) is 47.4 Å². The molecule has 17 heavy (non-hydrogen) atoms. The summed E-state index contributed by atoms with van der Waals surface area (Å²) < 4.78 is 0. The average molecular weight is 228 g/mol. The highest BCUT2D eigenvalue weighted by Gasteiger charge is 2.00. The van der Waals surface area contributed by atoms with Gasteiger partial charge < -0.3 is 11.1 Å². The van der Waals surface area contributed by atoms with Gasteiger partial charge in [0.15, 0.2) is 0 Å². The zero-order valence-electron chi connectivity index (χ0n) is 10.1. The largest absolute Gasteiger partial charge is 0.396 e. The Balaban J connectivity index is 2.04. The molecule has 2 aromatic rings. The standard InChI is InChI=1S/C13H16N4/c1-9-5-12(14)13(16-6-9)17-8-11-4-3-10(2)15-7-11/h3-7H,8,14H2,1-2H3,(H,16,17). The molecule has 0 aliphatic heterocycles. The van der Waals surface area contributed by atoms with Gasteiger partial charge in [-0.25, -0.2) is 4.98 Å². The quantitative estimate of drug-likeness (QED) is 0.846. The van der Waals surface area contributed by atoms with Crippen LogP contribution in [0.25, 0.3) is 0 Å². The summed E-state index contributed by atoms with van der Waals surface area (Å²) in [5.74, 6) is 0.719. The van der Waals surface area contributed by atoms with Crippen LogP contribution in [0.4, 0.5) is 11.5 Å². The van der Waals surface area contributed by atoms with Crippen LogP contribution in [0.15, 0.2) is 30.6 Å². The number of nitrogens with two attached hydrogens (primary N) is 1. The van der Waals surface area contributed by atoms with E-state index < -0.39 is 0 Å². The van der Waals surface area contributed by atoms with Gasteiger partial charge >= 0.3 is 0 Å². The van der Waals surface area contributed by atoms with Gasteiger partial charge in [-0.2, -0.15) is 0 Å². The molecule has 4 nitrogen and oxygen atoms in total. The molecule has 0 aliphatic carbocycles. The fourth-order valence-electron chi connectivity index (χ4n) is 1.53. The van der Waals surface area contributed by atoms with E-state index in [1.165, 1.54) is 0 Å². The zero-order valence-corrected chi connectivity index (χ0v) is 10.1. The molecule has 0 unspecified atom stereocenters. The number of aromatic nitrogens is 2. The van der Waals surface area contributed by atoms with Gasteiger partial charge in [0, 0.05) is 24.6 Å². The Bertz CT molecular complexity index is 505. The molecule has 4 heteroatoms. The molecule has 0 spiro atoms. The van der Waals surface area contributed by atoms with Crippen LogP contribution < -0.4 is 11.1 Å². The summed E-state index contributed by atoms with van der Waals surface area (Å²) in [6.07, 6.45) is 3.65. The minimum absolute atomic E-state index is 0.671. The lowest BCUT2D eigenvalue weighted by molar-refractivity contribution is 1.07. The lowest BCUT2D eigenvalue weighted by Crippen LogP contribution is -2.05. The summed E-state index contributed by atoms with van der Waals surface area (Å²) in [6, 6.07) is 5.94. The molecule has 0 aromatic carbocycles. The van der Waals surface area contributed by atoms with E-state index in [4.69, 9.17) is 5.73 Å². The third-order valence-electron chi connectivity index (χ3n) is 2.49. The van der Waals surface area contributed by atoms with Crippen molar-refractivity contribution in [2.75, 3.05) is 11.1 Å². The molecule has 3 N–H and O–H groups in total. The maximum absolute atomic E-state index is 5.87. The fraction of sp³-hybridized carbons (Fsp3) is 0.231. The van der Waals surface area contributed by atoms with Crippen molar-refractivity contribution in [3.63, 3.8) is 0 Å². The second-order valence-corrected chi connectivity index (χ2v) is 4.11. The average Bonchev–Trinajstić information content (AvgIpc) is 2.30. The first-order chi connectivity index (χ1) is 8.15. The van der Waals surface area contributed by atoms with Gasteiger partial charge in [0.05, 0.1) is 5.69 Å². The Kier molecular flexibility index (Phi) is 3.23. The van der Waals surface area contributed by atoms with Gasteiger partial charge in [-0.3, -0.25) is 4.98 Å². The van der Waals surface area contributed by atoms with Crippen molar-refractivity contribution >= 4 is 11.5 Å². The second kappa shape index (κ2) is 4.82. The molecule has 0 saturated heterocycles. The monoisotopic (exact) mass is 228 g/mol. The van der Waals surface area contributed by atoms with Crippen LogP contribution >= 0.6 is 0 Å². The molecule has 0 amide bonds. The number of hydrogen-bond donors (Lipinski definition) is 2. The maximum Gasteiger partial charge on any atom is 0.149 e. The number of aryl methyl sites for hydroxylation is 2. The van der Waals surface area contributed by atoms with Crippen LogP contribution in [0, 0.1) is 13.8 Å². The Morgan fingerprint density at radius 1 is 1.18 bits per heavy atom. The third kappa shape index (κ3) is 2.93. The summed E-state index contributed by atoms with van der Waals surface area (Å²) in [7, 11) is 0. The maximum atomic E-state index is 5.87. The van der Waals surface area contributed by atoms with Crippen molar-refractivity contribution < 1.29 is 0 Å². The Morgan fingerprint density at radius 2 is 2.00 bits per heavy atom. The zero-order chi connectivity index (χ0) is 12.3. The van der Waals surface area contributed by atoms with Crippen LogP contribution in [0.5, 0.6) is 0 Å². The van der Waals surface area contributed by atoms with Crippen molar-refractivity contribution in [1.29, 1.82) is 0 Å². The lowest BCUT2D eigenvalue weighted by atomic mass is 10.2. The van der Waals surface area contributed by atoms with Gasteiger partial charge in [0.1, 0.15) is 5.82 Å². The van der Waals surface area contributed by atoms with Crippen molar-refractivity contribution in [2.24, 2.45) is 0 Å². The smallest absolute Gasteiger partial charge is 0.149 e. The summed E-state index contributed by atoms with van der Waals surface area (Å²) >= 11 is 0. The molecule has 2 aromatic heterocycles. The van der Waals surface area contributed by atoms with E-state index in [1.54, 1.807) is 6.20 Å². The first-order valence-electron chi connectivity index (χ1n) is 5.52. The van der Waals surface area contributed by atoms with E-state index in [2.05, 4.69) is 15.3 Å². The Morgan fingerprint density at radius 3 is 2.65 bits per heavy atom. The topological polar surface area (TPSA) is 63.8 Å². The van der Waals surface area contributed by atoms with Crippen LogP contribution in [0.3, 0.4) is 0 Å². The van der Waals surface area contributed by atoms with Gasteiger partial charge in [-0.15, -0.1) is 0 Å². The second-order valence-electron chi connectivity index (χ2n) is 4.11. The fourth-order valence-corrected chi connectivity index (χ4v) is 1.53. The number of anilines is 2. The highest BCUT2D eigenvalue weighted by atomic mass is 15.0. The molecular formula is C13H16N4. The summed E-state index contributed by atoms with van der Waals surface area (Å²) in [6.45, 7) is 4.61. The van der Waals surface area contributed by atoms with E-state index in [9.17, 15) is 0 Å². The van der Waals surface area contributed by atoms with Gasteiger partial charge in [0.2, 0.25) is 0 Å². The van der Waals surface area contributed by atoms with Gasteiger partial charge in [-0.05, 0) is 37.1 Å². The SMILES string of the molecule is Cc1cnc(NCc2ccc(C)nc2)c(N)c1. The number of nitrogen functional groups attached to an aromatic ring is 1. The molecule has 0 bridgehead atoms. The van der Waals surface area contributed by atoms with Crippen molar-refractivity contribution in [3.8, 4) is 0 Å². The molecule has 0 atom stereocenters. The van der Waals surface area contributed by atoms with E-state index in [0.717, 1.165) is 22.6 Å². The number of nitrogens with zero attached hydrogens (tertiary/aromatic N) is 2. The third-order valence-corrected chi connectivity index (χ3v) is 2.49.